The van der Waals surface area contributed by atoms with Gasteiger partial charge >= 0.3 is 0 Å². The molecule has 90 valence electrons. The van der Waals surface area contributed by atoms with Crippen molar-refractivity contribution in [2.75, 3.05) is 27.8 Å². The summed E-state index contributed by atoms with van der Waals surface area (Å²) in [6, 6.07) is 5.66. The van der Waals surface area contributed by atoms with Gasteiger partial charge in [-0.3, -0.25) is 0 Å². The van der Waals surface area contributed by atoms with Crippen LogP contribution in [0.4, 0.5) is 0 Å². The Labute approximate surface area is 96.2 Å². The fourth-order valence-corrected chi connectivity index (χ4v) is 1.56. The molecule has 2 N–H and O–H groups in total. The van der Waals surface area contributed by atoms with Crippen LogP contribution in [-0.2, 0) is 11.3 Å². The van der Waals surface area contributed by atoms with Crippen molar-refractivity contribution in [1.29, 1.82) is 0 Å². The second-order valence-electron chi connectivity index (χ2n) is 3.62. The molecule has 0 saturated heterocycles. The summed E-state index contributed by atoms with van der Waals surface area (Å²) in [5.74, 6) is 0.736. The molecule has 1 atom stereocenters. The first-order chi connectivity index (χ1) is 7.71. The summed E-state index contributed by atoms with van der Waals surface area (Å²) < 4.78 is 10.3. The zero-order valence-electron chi connectivity index (χ0n) is 9.99. The molecule has 0 saturated carbocycles. The molecule has 0 fully saturated rings. The Hall–Kier alpha value is -1.10. The van der Waals surface area contributed by atoms with E-state index >= 15 is 0 Å². The number of aliphatic hydroxyl groups is 1. The van der Waals surface area contributed by atoms with Crippen LogP contribution in [0.2, 0.25) is 0 Å². The maximum absolute atomic E-state index is 9.87. The number of hydrogen-bond acceptors (Lipinski definition) is 4. The van der Waals surface area contributed by atoms with Crippen molar-refractivity contribution in [3.63, 3.8) is 0 Å². The number of ether oxygens (including phenoxy) is 2. The van der Waals surface area contributed by atoms with Crippen LogP contribution in [-0.4, -0.2) is 32.9 Å². The number of rotatable bonds is 6. The Morgan fingerprint density at radius 1 is 1.31 bits per heavy atom. The molecule has 1 aromatic carbocycles. The molecule has 0 aliphatic rings. The Bertz CT molecular complexity index is 328. The van der Waals surface area contributed by atoms with Crippen molar-refractivity contribution in [1.82, 2.24) is 5.32 Å². The van der Waals surface area contributed by atoms with E-state index in [4.69, 9.17) is 9.47 Å². The fraction of sp³-hybridized carbons (Fsp3) is 0.500. The van der Waals surface area contributed by atoms with Gasteiger partial charge in [0, 0.05) is 13.7 Å². The third kappa shape index (κ3) is 3.48. The normalized spacial score (nSPS) is 12.5. The molecular weight excluding hydrogens is 206 g/mol. The molecule has 0 aliphatic heterocycles. The monoisotopic (exact) mass is 225 g/mol. The van der Waals surface area contributed by atoms with Crippen molar-refractivity contribution in [2.24, 2.45) is 0 Å². The molecule has 1 unspecified atom stereocenters. The van der Waals surface area contributed by atoms with Crippen molar-refractivity contribution < 1.29 is 14.6 Å². The summed E-state index contributed by atoms with van der Waals surface area (Å²) >= 11 is 0. The van der Waals surface area contributed by atoms with Gasteiger partial charge in [0.2, 0.25) is 0 Å². The first-order valence-electron chi connectivity index (χ1n) is 5.20. The average Bonchev–Trinajstić information content (AvgIpc) is 2.29. The van der Waals surface area contributed by atoms with E-state index in [9.17, 15) is 5.11 Å². The molecule has 4 nitrogen and oxygen atoms in total. The Morgan fingerprint density at radius 3 is 2.62 bits per heavy atom. The highest BCUT2D eigenvalue weighted by Gasteiger charge is 2.09. The second kappa shape index (κ2) is 6.48. The van der Waals surface area contributed by atoms with E-state index in [0.717, 1.165) is 16.9 Å². The molecule has 0 amide bonds. The van der Waals surface area contributed by atoms with Gasteiger partial charge in [0.1, 0.15) is 5.75 Å². The Morgan fingerprint density at radius 2 is 2.06 bits per heavy atom. The molecule has 0 radical (unpaired) electrons. The molecule has 0 bridgehead atoms. The van der Waals surface area contributed by atoms with Crippen molar-refractivity contribution in [3.8, 4) is 5.75 Å². The van der Waals surface area contributed by atoms with E-state index in [1.165, 1.54) is 0 Å². The van der Waals surface area contributed by atoms with Crippen molar-refractivity contribution in [3.05, 3.63) is 29.3 Å². The van der Waals surface area contributed by atoms with Gasteiger partial charge in [0.25, 0.3) is 0 Å². The summed E-state index contributed by atoms with van der Waals surface area (Å²) in [7, 11) is 5.06. The first kappa shape index (κ1) is 13.0. The van der Waals surface area contributed by atoms with Crippen LogP contribution >= 0.6 is 0 Å². The molecule has 0 heterocycles. The SMILES string of the molecule is CNCC(O)c1cc(COC)cc(OC)c1. The number of benzene rings is 1. The maximum Gasteiger partial charge on any atom is 0.119 e. The average molecular weight is 225 g/mol. The largest absolute Gasteiger partial charge is 0.497 e. The van der Waals surface area contributed by atoms with Gasteiger partial charge in [0.05, 0.1) is 19.8 Å². The van der Waals surface area contributed by atoms with Crippen LogP contribution in [0, 0.1) is 0 Å². The van der Waals surface area contributed by atoms with E-state index in [2.05, 4.69) is 5.32 Å². The van der Waals surface area contributed by atoms with E-state index in [0.29, 0.717) is 13.2 Å². The Kier molecular flexibility index (Phi) is 5.25. The molecule has 0 aromatic heterocycles. The van der Waals surface area contributed by atoms with Gasteiger partial charge in [0.15, 0.2) is 0 Å². The van der Waals surface area contributed by atoms with Crippen LogP contribution in [0.5, 0.6) is 5.75 Å². The predicted molar refractivity (Wildman–Crippen MR) is 62.6 cm³/mol. The zero-order chi connectivity index (χ0) is 12.0. The Balaban J connectivity index is 2.93. The number of aliphatic hydroxyl groups excluding tert-OH is 1. The lowest BCUT2D eigenvalue weighted by Gasteiger charge is -2.13. The first-order valence-corrected chi connectivity index (χ1v) is 5.20. The molecule has 0 aliphatic carbocycles. The van der Waals surface area contributed by atoms with E-state index in [1.54, 1.807) is 21.3 Å². The summed E-state index contributed by atoms with van der Waals surface area (Å²) in [6.07, 6.45) is -0.532. The number of likely N-dealkylation sites (N-methyl/N-ethyl adjacent to an activating group) is 1. The third-order valence-corrected chi connectivity index (χ3v) is 2.32. The van der Waals surface area contributed by atoms with E-state index in [1.807, 2.05) is 18.2 Å². The van der Waals surface area contributed by atoms with Crippen LogP contribution in [0.25, 0.3) is 0 Å². The number of nitrogens with one attached hydrogen (secondary N) is 1. The quantitative estimate of drug-likeness (QED) is 0.761. The molecule has 4 heteroatoms. The molecule has 0 spiro atoms. The van der Waals surface area contributed by atoms with Crippen molar-refractivity contribution >= 4 is 0 Å². The highest BCUT2D eigenvalue weighted by molar-refractivity contribution is 5.35. The van der Waals surface area contributed by atoms with Gasteiger partial charge in [-0.05, 0) is 30.3 Å². The summed E-state index contributed by atoms with van der Waals surface area (Å²) in [5.41, 5.74) is 1.83. The lowest BCUT2D eigenvalue weighted by atomic mass is 10.1. The van der Waals surface area contributed by atoms with Crippen LogP contribution < -0.4 is 10.1 Å². The third-order valence-electron chi connectivity index (χ3n) is 2.32. The number of hydrogen-bond donors (Lipinski definition) is 2. The maximum atomic E-state index is 9.87. The molecule has 1 rings (SSSR count). The standard InChI is InChI=1S/C12H19NO3/c1-13-7-12(14)10-4-9(8-15-2)5-11(6-10)16-3/h4-6,12-14H,7-8H2,1-3H3. The molecular formula is C12H19NO3. The highest BCUT2D eigenvalue weighted by atomic mass is 16.5. The zero-order valence-corrected chi connectivity index (χ0v) is 9.99. The minimum atomic E-state index is -0.532. The van der Waals surface area contributed by atoms with Gasteiger partial charge < -0.3 is 19.9 Å². The predicted octanol–water partition coefficient (Wildman–Crippen LogP) is 1.09. The minimum Gasteiger partial charge on any atom is -0.497 e. The molecule has 16 heavy (non-hydrogen) atoms. The molecule has 1 aromatic rings. The summed E-state index contributed by atoms with van der Waals surface area (Å²) in [6.45, 7) is 1.02. The highest BCUT2D eigenvalue weighted by Crippen LogP contribution is 2.22. The number of methoxy groups -OCH3 is 2. The van der Waals surface area contributed by atoms with Crippen LogP contribution in [0.3, 0.4) is 0 Å². The lowest BCUT2D eigenvalue weighted by Crippen LogP contribution is -2.16. The van der Waals surface area contributed by atoms with Crippen LogP contribution in [0.1, 0.15) is 17.2 Å². The van der Waals surface area contributed by atoms with Gasteiger partial charge in [-0.25, -0.2) is 0 Å². The topological polar surface area (TPSA) is 50.7 Å². The fourth-order valence-electron chi connectivity index (χ4n) is 1.56. The minimum absolute atomic E-state index is 0.510. The lowest BCUT2D eigenvalue weighted by molar-refractivity contribution is 0.174. The summed E-state index contributed by atoms with van der Waals surface area (Å²) in [4.78, 5) is 0. The van der Waals surface area contributed by atoms with E-state index < -0.39 is 6.10 Å². The van der Waals surface area contributed by atoms with Gasteiger partial charge in [-0.1, -0.05) is 6.07 Å². The van der Waals surface area contributed by atoms with Crippen LogP contribution in [0.15, 0.2) is 18.2 Å². The summed E-state index contributed by atoms with van der Waals surface area (Å²) in [5, 5.41) is 12.8. The van der Waals surface area contributed by atoms with E-state index in [-0.39, 0.29) is 0 Å². The van der Waals surface area contributed by atoms with Gasteiger partial charge in [-0.15, -0.1) is 0 Å². The van der Waals surface area contributed by atoms with Crippen molar-refractivity contribution in [2.45, 2.75) is 12.7 Å². The second-order valence-corrected chi connectivity index (χ2v) is 3.62. The smallest absolute Gasteiger partial charge is 0.119 e. The van der Waals surface area contributed by atoms with Gasteiger partial charge in [-0.2, -0.15) is 0 Å².